The zero-order chi connectivity index (χ0) is 14.5. The Morgan fingerprint density at radius 2 is 2.40 bits per heavy atom. The van der Waals surface area contributed by atoms with Gasteiger partial charge in [-0.25, -0.2) is 9.18 Å². The molecule has 0 aliphatic carbocycles. The van der Waals surface area contributed by atoms with Gasteiger partial charge in [0.25, 0.3) is 0 Å². The molecule has 0 aromatic carbocycles. The molecule has 4 N–H and O–H groups in total. The molecule has 1 aliphatic heterocycles. The van der Waals surface area contributed by atoms with Crippen LogP contribution in [0.3, 0.4) is 0 Å². The Balaban J connectivity index is 2.16. The molecule has 1 aliphatic rings. The van der Waals surface area contributed by atoms with E-state index in [0.29, 0.717) is 25.3 Å². The maximum atomic E-state index is 13.9. The molecule has 0 bridgehead atoms. The summed E-state index contributed by atoms with van der Waals surface area (Å²) in [6.45, 7) is 0.720. The lowest BCUT2D eigenvalue weighted by molar-refractivity contribution is -0.145. The van der Waals surface area contributed by atoms with E-state index < -0.39 is 24.2 Å². The number of rotatable bonds is 5. The lowest BCUT2D eigenvalue weighted by Crippen LogP contribution is -2.40. The van der Waals surface area contributed by atoms with Gasteiger partial charge in [0.1, 0.15) is 12.0 Å². The summed E-state index contributed by atoms with van der Waals surface area (Å²) < 4.78 is 20.4. The minimum atomic E-state index is -1.29. The standard InChI is InChI=1S/C12H19FN4O3/c13-9-2-1-8(7-18)20-11(9)17-6-3-10(15-5-4-14)16-12(17)19/h3,6,8-9,11,18H,1-2,4-5,7,14H2,(H,15,16,19). The molecule has 0 amide bonds. The molecular formula is C12H19FN4O3. The molecule has 2 rings (SSSR count). The van der Waals surface area contributed by atoms with Crippen molar-refractivity contribution in [2.24, 2.45) is 5.73 Å². The Bertz CT molecular complexity index is 496. The van der Waals surface area contributed by atoms with E-state index in [9.17, 15) is 9.18 Å². The number of aliphatic hydroxyl groups is 1. The summed E-state index contributed by atoms with van der Waals surface area (Å²) in [7, 11) is 0. The number of hydrogen-bond acceptors (Lipinski definition) is 6. The second kappa shape index (κ2) is 6.78. The first-order valence-corrected chi connectivity index (χ1v) is 6.59. The first kappa shape index (κ1) is 14.9. The zero-order valence-corrected chi connectivity index (χ0v) is 11.0. The second-order valence-corrected chi connectivity index (χ2v) is 4.64. The normalized spacial score (nSPS) is 26.4. The van der Waals surface area contributed by atoms with Crippen molar-refractivity contribution in [2.45, 2.75) is 31.3 Å². The van der Waals surface area contributed by atoms with E-state index in [1.165, 1.54) is 6.20 Å². The van der Waals surface area contributed by atoms with Gasteiger partial charge in [0.2, 0.25) is 0 Å². The van der Waals surface area contributed by atoms with Crippen LogP contribution in [-0.4, -0.2) is 46.6 Å². The highest BCUT2D eigenvalue weighted by Crippen LogP contribution is 2.28. The summed E-state index contributed by atoms with van der Waals surface area (Å²) >= 11 is 0. The number of anilines is 1. The van der Waals surface area contributed by atoms with Crippen LogP contribution in [0.5, 0.6) is 0 Å². The molecule has 112 valence electrons. The van der Waals surface area contributed by atoms with Crippen LogP contribution in [0.1, 0.15) is 19.1 Å². The maximum Gasteiger partial charge on any atom is 0.351 e. The molecule has 20 heavy (non-hydrogen) atoms. The molecule has 0 radical (unpaired) electrons. The number of aliphatic hydroxyl groups excluding tert-OH is 1. The highest BCUT2D eigenvalue weighted by Gasteiger charge is 2.33. The van der Waals surface area contributed by atoms with E-state index in [-0.39, 0.29) is 13.0 Å². The Kier molecular flexibility index (Phi) is 5.05. The molecule has 8 heteroatoms. The van der Waals surface area contributed by atoms with Crippen LogP contribution in [0.15, 0.2) is 17.1 Å². The van der Waals surface area contributed by atoms with Crippen molar-refractivity contribution in [3.8, 4) is 0 Å². The van der Waals surface area contributed by atoms with Crippen molar-refractivity contribution in [1.82, 2.24) is 9.55 Å². The summed E-state index contributed by atoms with van der Waals surface area (Å²) in [6, 6.07) is 1.57. The largest absolute Gasteiger partial charge is 0.394 e. The van der Waals surface area contributed by atoms with Gasteiger partial charge in [-0.15, -0.1) is 0 Å². The third-order valence-corrected chi connectivity index (χ3v) is 3.16. The molecule has 7 nitrogen and oxygen atoms in total. The number of alkyl halides is 1. The van der Waals surface area contributed by atoms with Crippen molar-refractivity contribution >= 4 is 5.82 Å². The Morgan fingerprint density at radius 1 is 1.60 bits per heavy atom. The number of aromatic nitrogens is 2. The number of ether oxygens (including phenoxy) is 1. The number of hydrogen-bond donors (Lipinski definition) is 3. The molecule has 0 spiro atoms. The van der Waals surface area contributed by atoms with Crippen LogP contribution in [-0.2, 0) is 4.74 Å². The van der Waals surface area contributed by atoms with Crippen molar-refractivity contribution < 1.29 is 14.2 Å². The van der Waals surface area contributed by atoms with Gasteiger partial charge in [-0.1, -0.05) is 0 Å². The first-order chi connectivity index (χ1) is 9.65. The van der Waals surface area contributed by atoms with E-state index >= 15 is 0 Å². The van der Waals surface area contributed by atoms with E-state index in [2.05, 4.69) is 10.3 Å². The predicted octanol–water partition coefficient (Wildman–Crippen LogP) is -0.378. The van der Waals surface area contributed by atoms with Crippen LogP contribution < -0.4 is 16.7 Å². The van der Waals surface area contributed by atoms with Crippen molar-refractivity contribution in [3.05, 3.63) is 22.7 Å². The minimum Gasteiger partial charge on any atom is -0.394 e. The lowest BCUT2D eigenvalue weighted by atomic mass is 10.1. The van der Waals surface area contributed by atoms with Gasteiger partial charge >= 0.3 is 5.69 Å². The average Bonchev–Trinajstić information content (AvgIpc) is 2.46. The van der Waals surface area contributed by atoms with Gasteiger partial charge in [-0.05, 0) is 18.9 Å². The number of nitrogens with zero attached hydrogens (tertiary/aromatic N) is 2. The van der Waals surface area contributed by atoms with Crippen LogP contribution in [0.2, 0.25) is 0 Å². The van der Waals surface area contributed by atoms with E-state index in [1.54, 1.807) is 6.07 Å². The number of halogens is 1. The third-order valence-electron chi connectivity index (χ3n) is 3.16. The summed E-state index contributed by atoms with van der Waals surface area (Å²) in [5.74, 6) is 0.390. The van der Waals surface area contributed by atoms with Gasteiger partial charge < -0.3 is 20.9 Å². The summed E-state index contributed by atoms with van der Waals surface area (Å²) in [6.07, 6.45) is -0.661. The van der Waals surface area contributed by atoms with Crippen LogP contribution in [0.4, 0.5) is 10.2 Å². The van der Waals surface area contributed by atoms with Crippen molar-refractivity contribution in [3.63, 3.8) is 0 Å². The highest BCUT2D eigenvalue weighted by molar-refractivity contribution is 5.31. The molecule has 3 atom stereocenters. The molecule has 2 heterocycles. The van der Waals surface area contributed by atoms with Gasteiger partial charge in [0, 0.05) is 19.3 Å². The van der Waals surface area contributed by atoms with Gasteiger partial charge in [0.15, 0.2) is 6.23 Å². The first-order valence-electron chi connectivity index (χ1n) is 6.59. The summed E-state index contributed by atoms with van der Waals surface area (Å²) in [4.78, 5) is 15.7. The SMILES string of the molecule is NCCNc1ccn(C2OC(CO)CCC2F)c(=O)n1. The Morgan fingerprint density at radius 3 is 3.05 bits per heavy atom. The smallest absolute Gasteiger partial charge is 0.351 e. The van der Waals surface area contributed by atoms with Crippen LogP contribution in [0.25, 0.3) is 0 Å². The van der Waals surface area contributed by atoms with Crippen molar-refractivity contribution in [2.75, 3.05) is 25.0 Å². The lowest BCUT2D eigenvalue weighted by Gasteiger charge is -2.32. The Labute approximate surface area is 115 Å². The monoisotopic (exact) mass is 286 g/mol. The molecule has 0 saturated carbocycles. The maximum absolute atomic E-state index is 13.9. The second-order valence-electron chi connectivity index (χ2n) is 4.64. The van der Waals surface area contributed by atoms with E-state index in [4.69, 9.17) is 15.6 Å². The topological polar surface area (TPSA) is 102 Å². The summed E-state index contributed by atoms with van der Waals surface area (Å²) in [5, 5.41) is 12.0. The van der Waals surface area contributed by atoms with Crippen molar-refractivity contribution in [1.29, 1.82) is 0 Å². The number of nitrogens with one attached hydrogen (secondary N) is 1. The molecule has 1 fully saturated rings. The average molecular weight is 286 g/mol. The third kappa shape index (κ3) is 3.33. The van der Waals surface area contributed by atoms with Crippen LogP contribution >= 0.6 is 0 Å². The molecule has 3 unspecified atom stereocenters. The predicted molar refractivity (Wildman–Crippen MR) is 71.2 cm³/mol. The fourth-order valence-corrected chi connectivity index (χ4v) is 2.12. The van der Waals surface area contributed by atoms with E-state index in [0.717, 1.165) is 4.57 Å². The molecular weight excluding hydrogens is 267 g/mol. The molecule has 1 aromatic heterocycles. The van der Waals surface area contributed by atoms with Gasteiger partial charge in [0.05, 0.1) is 12.7 Å². The fourth-order valence-electron chi connectivity index (χ4n) is 2.12. The number of nitrogens with two attached hydrogens (primary N) is 1. The fraction of sp³-hybridized carbons (Fsp3) is 0.667. The van der Waals surface area contributed by atoms with Crippen LogP contribution in [0, 0.1) is 0 Å². The van der Waals surface area contributed by atoms with E-state index in [1.807, 2.05) is 0 Å². The minimum absolute atomic E-state index is 0.193. The molecule has 1 saturated heterocycles. The summed E-state index contributed by atoms with van der Waals surface area (Å²) in [5.41, 5.74) is 4.74. The zero-order valence-electron chi connectivity index (χ0n) is 11.0. The molecule has 1 aromatic rings. The highest BCUT2D eigenvalue weighted by atomic mass is 19.1. The Hall–Kier alpha value is -1.51. The van der Waals surface area contributed by atoms with Gasteiger partial charge in [-0.3, -0.25) is 4.57 Å². The quantitative estimate of drug-likeness (QED) is 0.682. The van der Waals surface area contributed by atoms with Gasteiger partial charge in [-0.2, -0.15) is 4.98 Å².